The molecule has 2 aromatic rings. The van der Waals surface area contributed by atoms with E-state index in [-0.39, 0.29) is 41.7 Å². The molecule has 1 saturated heterocycles. The zero-order valence-corrected chi connectivity index (χ0v) is 18.1. The number of carbonyl (C=O) groups is 4. The van der Waals surface area contributed by atoms with Crippen LogP contribution in [0.3, 0.4) is 0 Å². The molecule has 0 saturated carbocycles. The van der Waals surface area contributed by atoms with E-state index in [1.165, 1.54) is 35.2 Å². The van der Waals surface area contributed by atoms with Gasteiger partial charge in [-0.25, -0.2) is 9.18 Å². The van der Waals surface area contributed by atoms with Crippen molar-refractivity contribution in [3.63, 3.8) is 0 Å². The first kappa shape index (κ1) is 22.6. The van der Waals surface area contributed by atoms with Crippen LogP contribution in [0.1, 0.15) is 49.5 Å². The van der Waals surface area contributed by atoms with Crippen LogP contribution >= 0.6 is 0 Å². The number of ether oxygens (including phenoxy) is 2. The maximum atomic E-state index is 13.0. The van der Waals surface area contributed by atoms with Crippen molar-refractivity contribution in [3.8, 4) is 0 Å². The van der Waals surface area contributed by atoms with E-state index >= 15 is 0 Å². The molecule has 8 nitrogen and oxygen atoms in total. The molecule has 2 aliphatic rings. The molecule has 33 heavy (non-hydrogen) atoms. The number of halogens is 1. The molecular formula is C24H23FN2O6. The van der Waals surface area contributed by atoms with E-state index in [4.69, 9.17) is 9.47 Å². The summed E-state index contributed by atoms with van der Waals surface area (Å²) in [6.45, 7) is 0.529. The van der Waals surface area contributed by atoms with Crippen LogP contribution in [0.2, 0.25) is 0 Å². The van der Waals surface area contributed by atoms with Crippen LogP contribution in [0.4, 0.5) is 4.39 Å². The molecule has 172 valence electrons. The van der Waals surface area contributed by atoms with Gasteiger partial charge in [0.2, 0.25) is 0 Å². The van der Waals surface area contributed by atoms with Gasteiger partial charge in [-0.15, -0.1) is 0 Å². The minimum Gasteiger partial charge on any atom is -0.452 e. The van der Waals surface area contributed by atoms with Crippen LogP contribution in [0, 0.1) is 5.82 Å². The summed E-state index contributed by atoms with van der Waals surface area (Å²) in [5.41, 5.74) is 1.16. The van der Waals surface area contributed by atoms with Gasteiger partial charge >= 0.3 is 5.97 Å². The highest BCUT2D eigenvalue weighted by Gasteiger charge is 2.38. The summed E-state index contributed by atoms with van der Waals surface area (Å²) >= 11 is 0. The van der Waals surface area contributed by atoms with Crippen molar-refractivity contribution in [2.45, 2.75) is 25.5 Å². The van der Waals surface area contributed by atoms with Crippen LogP contribution in [0.25, 0.3) is 0 Å². The normalized spacial score (nSPS) is 17.3. The van der Waals surface area contributed by atoms with E-state index < -0.39 is 30.3 Å². The number of nitrogens with zero attached hydrogens (tertiary/aromatic N) is 2. The van der Waals surface area contributed by atoms with Gasteiger partial charge < -0.3 is 14.4 Å². The van der Waals surface area contributed by atoms with E-state index in [0.29, 0.717) is 6.61 Å². The van der Waals surface area contributed by atoms with Gasteiger partial charge in [-0.3, -0.25) is 19.3 Å². The molecule has 0 radical (unpaired) electrons. The lowest BCUT2D eigenvalue weighted by Crippen LogP contribution is -2.36. The SMILES string of the molecule is CN(Cc1ccc(F)cc1)C(=O)COC(=O)c1ccc2c(c1)C(=O)N(CC1CCCO1)C2=O. The zero-order chi connectivity index (χ0) is 23.5. The molecular weight excluding hydrogens is 431 g/mol. The molecule has 9 heteroatoms. The number of fused-ring (bicyclic) bond motifs is 1. The molecule has 0 aliphatic carbocycles. The predicted octanol–water partition coefficient (Wildman–Crippen LogP) is 2.42. The Morgan fingerprint density at radius 2 is 1.85 bits per heavy atom. The number of esters is 1. The number of rotatable bonds is 7. The highest BCUT2D eigenvalue weighted by Crippen LogP contribution is 2.26. The fraction of sp³-hybridized carbons (Fsp3) is 0.333. The third-order valence-electron chi connectivity index (χ3n) is 5.70. The first-order valence-electron chi connectivity index (χ1n) is 10.6. The minimum absolute atomic E-state index is 0.0721. The van der Waals surface area contributed by atoms with Crippen molar-refractivity contribution in [2.75, 3.05) is 26.8 Å². The predicted molar refractivity (Wildman–Crippen MR) is 114 cm³/mol. The number of hydrogen-bond acceptors (Lipinski definition) is 6. The second-order valence-electron chi connectivity index (χ2n) is 8.07. The van der Waals surface area contributed by atoms with Crippen molar-refractivity contribution < 1.29 is 33.0 Å². The Labute approximate surface area is 189 Å². The summed E-state index contributed by atoms with van der Waals surface area (Å²) in [6, 6.07) is 9.87. The average Bonchev–Trinajstić information content (AvgIpc) is 3.41. The standard InChI is InChI=1S/C24H23FN2O6/c1-26(12-15-4-7-17(25)8-5-15)21(28)14-33-24(31)16-6-9-19-20(11-16)23(30)27(22(19)29)13-18-3-2-10-32-18/h4-9,11,18H,2-3,10,12-14H2,1H3. The van der Waals surface area contributed by atoms with Gasteiger partial charge in [-0.05, 0) is 48.7 Å². The Bertz CT molecular complexity index is 1090. The van der Waals surface area contributed by atoms with Crippen molar-refractivity contribution in [1.29, 1.82) is 0 Å². The monoisotopic (exact) mass is 454 g/mol. The summed E-state index contributed by atoms with van der Waals surface area (Å²) in [5, 5.41) is 0. The van der Waals surface area contributed by atoms with Crippen molar-refractivity contribution >= 4 is 23.7 Å². The number of hydrogen-bond donors (Lipinski definition) is 0. The van der Waals surface area contributed by atoms with Gasteiger partial charge in [0.25, 0.3) is 17.7 Å². The summed E-state index contributed by atoms with van der Waals surface area (Å²) in [7, 11) is 1.54. The number of carbonyl (C=O) groups excluding carboxylic acids is 4. The van der Waals surface area contributed by atoms with Crippen LogP contribution in [-0.4, -0.2) is 66.4 Å². The van der Waals surface area contributed by atoms with E-state index in [0.717, 1.165) is 23.3 Å². The largest absolute Gasteiger partial charge is 0.452 e. The van der Waals surface area contributed by atoms with E-state index in [1.54, 1.807) is 19.2 Å². The van der Waals surface area contributed by atoms with Crippen LogP contribution < -0.4 is 0 Å². The molecule has 2 aromatic carbocycles. The molecule has 1 atom stereocenters. The molecule has 0 aromatic heterocycles. The Morgan fingerprint density at radius 1 is 1.12 bits per heavy atom. The molecule has 2 heterocycles. The van der Waals surface area contributed by atoms with Gasteiger partial charge in [0.1, 0.15) is 5.82 Å². The third-order valence-corrected chi connectivity index (χ3v) is 5.70. The molecule has 0 bridgehead atoms. The van der Waals surface area contributed by atoms with Crippen LogP contribution in [0.5, 0.6) is 0 Å². The first-order chi connectivity index (χ1) is 15.8. The van der Waals surface area contributed by atoms with Crippen molar-refractivity contribution in [1.82, 2.24) is 9.80 Å². The second kappa shape index (κ2) is 9.50. The molecule has 1 fully saturated rings. The Hall–Kier alpha value is -3.59. The minimum atomic E-state index is -0.779. The molecule has 4 rings (SSSR count). The molecule has 3 amide bonds. The average molecular weight is 454 g/mol. The summed E-state index contributed by atoms with van der Waals surface area (Å²) in [5.74, 6) is -2.48. The van der Waals surface area contributed by atoms with Gasteiger partial charge in [0.15, 0.2) is 6.61 Å². The van der Waals surface area contributed by atoms with E-state index in [2.05, 4.69) is 0 Å². The highest BCUT2D eigenvalue weighted by molar-refractivity contribution is 6.22. The molecule has 2 aliphatic heterocycles. The molecule has 0 spiro atoms. The quantitative estimate of drug-likeness (QED) is 0.471. The summed E-state index contributed by atoms with van der Waals surface area (Å²) in [4.78, 5) is 52.6. The van der Waals surface area contributed by atoms with Gasteiger partial charge in [-0.1, -0.05) is 12.1 Å². The van der Waals surface area contributed by atoms with Gasteiger partial charge in [-0.2, -0.15) is 0 Å². The lowest BCUT2D eigenvalue weighted by Gasteiger charge is -2.17. The third kappa shape index (κ3) is 4.93. The maximum absolute atomic E-state index is 13.0. The Kier molecular flexibility index (Phi) is 6.50. The number of imide groups is 1. The Balaban J connectivity index is 1.35. The number of likely N-dealkylation sites (N-methyl/N-ethyl adjacent to an activating group) is 1. The maximum Gasteiger partial charge on any atom is 0.338 e. The number of amides is 3. The second-order valence-corrected chi connectivity index (χ2v) is 8.07. The van der Waals surface area contributed by atoms with E-state index in [1.807, 2.05) is 0 Å². The van der Waals surface area contributed by atoms with Gasteiger partial charge in [0.05, 0.1) is 29.3 Å². The summed E-state index contributed by atoms with van der Waals surface area (Å²) < 4.78 is 23.6. The highest BCUT2D eigenvalue weighted by atomic mass is 19.1. The molecule has 0 N–H and O–H groups in total. The van der Waals surface area contributed by atoms with Crippen molar-refractivity contribution in [3.05, 3.63) is 70.5 Å². The summed E-state index contributed by atoms with van der Waals surface area (Å²) in [6.07, 6.45) is 1.51. The van der Waals surface area contributed by atoms with Crippen molar-refractivity contribution in [2.24, 2.45) is 0 Å². The lowest BCUT2D eigenvalue weighted by molar-refractivity contribution is -0.133. The molecule has 1 unspecified atom stereocenters. The fourth-order valence-corrected chi connectivity index (χ4v) is 3.85. The van der Waals surface area contributed by atoms with Gasteiger partial charge in [0, 0.05) is 20.2 Å². The topological polar surface area (TPSA) is 93.2 Å². The first-order valence-corrected chi connectivity index (χ1v) is 10.6. The lowest BCUT2D eigenvalue weighted by atomic mass is 10.1. The number of benzene rings is 2. The zero-order valence-electron chi connectivity index (χ0n) is 18.1. The smallest absolute Gasteiger partial charge is 0.338 e. The van der Waals surface area contributed by atoms with Crippen LogP contribution in [-0.2, 0) is 20.8 Å². The van der Waals surface area contributed by atoms with Crippen LogP contribution in [0.15, 0.2) is 42.5 Å². The Morgan fingerprint density at radius 3 is 2.55 bits per heavy atom. The fourth-order valence-electron chi connectivity index (χ4n) is 3.85. The van der Waals surface area contributed by atoms with E-state index in [9.17, 15) is 23.6 Å².